The number of imidazole rings is 1. The van der Waals surface area contributed by atoms with Crippen LogP contribution in [0.5, 0.6) is 0 Å². The van der Waals surface area contributed by atoms with Crippen molar-refractivity contribution in [3.63, 3.8) is 0 Å². The van der Waals surface area contributed by atoms with E-state index in [1.807, 2.05) is 6.07 Å². The number of nitriles is 1. The zero-order chi connectivity index (χ0) is 17.3. The second-order valence-corrected chi connectivity index (χ2v) is 5.44. The summed E-state index contributed by atoms with van der Waals surface area (Å²) in [5.74, 6) is -0.607. The maximum atomic E-state index is 13.8. The summed E-state index contributed by atoms with van der Waals surface area (Å²) in [5.41, 5.74) is 13.8. The Kier molecular flexibility index (Phi) is 3.98. The minimum Gasteiger partial charge on any atom is -0.370 e. The number of primary amides is 1. The minimum absolute atomic E-state index is 0.000640. The van der Waals surface area contributed by atoms with Crippen molar-refractivity contribution < 1.29 is 9.18 Å². The molecule has 0 fully saturated rings. The minimum atomic E-state index is -0.606. The predicted molar refractivity (Wildman–Crippen MR) is 86.9 cm³/mol. The molecular formula is C17H14FN5O. The number of nitrogens with zero attached hydrogens (tertiary/aromatic N) is 2. The number of aromatic amines is 1. The van der Waals surface area contributed by atoms with Gasteiger partial charge < -0.3 is 16.5 Å². The van der Waals surface area contributed by atoms with Crippen LogP contribution in [-0.2, 0) is 4.79 Å². The topological polar surface area (TPSA) is 122 Å². The first kappa shape index (κ1) is 15.6. The highest BCUT2D eigenvalue weighted by atomic mass is 19.1. The summed E-state index contributed by atoms with van der Waals surface area (Å²) in [5, 5.41) is 8.79. The van der Waals surface area contributed by atoms with Crippen molar-refractivity contribution in [1.29, 1.82) is 5.26 Å². The first-order valence-electron chi connectivity index (χ1n) is 7.21. The molecule has 5 N–H and O–H groups in total. The van der Waals surface area contributed by atoms with Gasteiger partial charge in [0, 0.05) is 6.42 Å². The number of fused-ring (bicyclic) bond motifs is 1. The van der Waals surface area contributed by atoms with Crippen LogP contribution in [0.25, 0.3) is 22.2 Å². The van der Waals surface area contributed by atoms with E-state index in [0.29, 0.717) is 16.9 Å². The Labute approximate surface area is 136 Å². The monoisotopic (exact) mass is 323 g/mol. The molecule has 0 aliphatic rings. The molecule has 1 amide bonds. The molecule has 3 aromatic rings. The quantitative estimate of drug-likeness (QED) is 0.680. The molecule has 0 aliphatic carbocycles. The van der Waals surface area contributed by atoms with E-state index in [2.05, 4.69) is 9.97 Å². The van der Waals surface area contributed by atoms with Crippen LogP contribution in [0.15, 0.2) is 36.4 Å². The van der Waals surface area contributed by atoms with Gasteiger partial charge in [0.2, 0.25) is 5.91 Å². The molecule has 7 heteroatoms. The maximum absolute atomic E-state index is 13.8. The Morgan fingerprint density at radius 2 is 2.00 bits per heavy atom. The standard InChI is InChI=1S/C17H14FN5O/c18-12-5-9(1-2-11(12)8-19)10-3-4-14-15(6-10)23-17(22-14)13(20)7-16(21)24/h1-6,13H,7,20H2,(H2,21,24)(H,22,23)/t13-/m0/s1. The number of benzene rings is 2. The number of nitrogens with one attached hydrogen (secondary N) is 1. The zero-order valence-electron chi connectivity index (χ0n) is 12.6. The molecule has 1 heterocycles. The molecule has 0 unspecified atom stereocenters. The van der Waals surface area contributed by atoms with Gasteiger partial charge in [0.25, 0.3) is 0 Å². The van der Waals surface area contributed by atoms with Crippen molar-refractivity contribution in [2.45, 2.75) is 12.5 Å². The van der Waals surface area contributed by atoms with Crippen LogP contribution in [0.3, 0.4) is 0 Å². The van der Waals surface area contributed by atoms with Crippen molar-refractivity contribution in [2.75, 3.05) is 0 Å². The van der Waals surface area contributed by atoms with E-state index in [1.54, 1.807) is 24.3 Å². The van der Waals surface area contributed by atoms with Gasteiger partial charge in [0.1, 0.15) is 17.7 Å². The van der Waals surface area contributed by atoms with E-state index in [0.717, 1.165) is 11.1 Å². The zero-order valence-corrected chi connectivity index (χ0v) is 12.6. The van der Waals surface area contributed by atoms with Crippen molar-refractivity contribution in [3.8, 4) is 17.2 Å². The Morgan fingerprint density at radius 3 is 2.67 bits per heavy atom. The molecule has 6 nitrogen and oxygen atoms in total. The molecule has 0 spiro atoms. The lowest BCUT2D eigenvalue weighted by Gasteiger charge is -2.04. The third kappa shape index (κ3) is 2.95. The Bertz CT molecular complexity index is 973. The highest BCUT2D eigenvalue weighted by Gasteiger charge is 2.14. The molecular weight excluding hydrogens is 309 g/mol. The Morgan fingerprint density at radius 1 is 1.29 bits per heavy atom. The van der Waals surface area contributed by atoms with Crippen molar-refractivity contribution >= 4 is 16.9 Å². The third-order valence-corrected chi connectivity index (χ3v) is 3.70. The van der Waals surface area contributed by atoms with Gasteiger partial charge in [0.15, 0.2) is 0 Å². The normalized spacial score (nSPS) is 12.0. The van der Waals surface area contributed by atoms with Gasteiger partial charge in [0.05, 0.1) is 22.6 Å². The predicted octanol–water partition coefficient (Wildman–Crippen LogP) is 2.12. The molecule has 0 saturated heterocycles. The van der Waals surface area contributed by atoms with Gasteiger partial charge in [-0.15, -0.1) is 0 Å². The van der Waals surface area contributed by atoms with Crippen LogP contribution in [0.1, 0.15) is 23.9 Å². The molecule has 0 aliphatic heterocycles. The summed E-state index contributed by atoms with van der Waals surface area (Å²) in [7, 11) is 0. The number of rotatable bonds is 4. The molecule has 0 bridgehead atoms. The third-order valence-electron chi connectivity index (χ3n) is 3.70. The number of carbonyl (C=O) groups is 1. The van der Waals surface area contributed by atoms with E-state index in [1.165, 1.54) is 12.1 Å². The fourth-order valence-corrected chi connectivity index (χ4v) is 2.48. The first-order chi connectivity index (χ1) is 11.5. The smallest absolute Gasteiger partial charge is 0.219 e. The number of halogens is 1. The van der Waals surface area contributed by atoms with Crippen LogP contribution in [0.4, 0.5) is 4.39 Å². The number of carbonyl (C=O) groups excluding carboxylic acids is 1. The van der Waals surface area contributed by atoms with Crippen LogP contribution < -0.4 is 11.5 Å². The number of aromatic nitrogens is 2. The summed E-state index contributed by atoms with van der Waals surface area (Å²) < 4.78 is 13.8. The van der Waals surface area contributed by atoms with Crippen LogP contribution in [0, 0.1) is 17.1 Å². The summed E-state index contributed by atoms with van der Waals surface area (Å²) >= 11 is 0. The first-order valence-corrected chi connectivity index (χ1v) is 7.21. The van der Waals surface area contributed by atoms with Gasteiger partial charge in [-0.3, -0.25) is 4.79 Å². The SMILES string of the molecule is N#Cc1ccc(-c2ccc3[nH]c([C@@H](N)CC(N)=O)nc3c2)cc1F. The lowest BCUT2D eigenvalue weighted by atomic mass is 10.0. The molecule has 1 aromatic heterocycles. The van der Waals surface area contributed by atoms with Crippen molar-refractivity contribution in [3.05, 3.63) is 53.6 Å². The van der Waals surface area contributed by atoms with Gasteiger partial charge in [-0.2, -0.15) is 5.26 Å². The van der Waals surface area contributed by atoms with Crippen molar-refractivity contribution in [1.82, 2.24) is 9.97 Å². The summed E-state index contributed by atoms with van der Waals surface area (Å²) in [6, 6.07) is 11.0. The fourth-order valence-electron chi connectivity index (χ4n) is 2.48. The average Bonchev–Trinajstić information content (AvgIpc) is 2.97. The number of nitrogens with two attached hydrogens (primary N) is 2. The van der Waals surface area contributed by atoms with Crippen LogP contribution in [-0.4, -0.2) is 15.9 Å². The van der Waals surface area contributed by atoms with Crippen LogP contribution in [0.2, 0.25) is 0 Å². The van der Waals surface area contributed by atoms with E-state index in [-0.39, 0.29) is 12.0 Å². The van der Waals surface area contributed by atoms with Crippen molar-refractivity contribution in [2.24, 2.45) is 11.5 Å². The summed E-state index contributed by atoms with van der Waals surface area (Å²) in [6.45, 7) is 0. The number of amides is 1. The molecule has 120 valence electrons. The van der Waals surface area contributed by atoms with E-state index in [4.69, 9.17) is 16.7 Å². The highest BCUT2D eigenvalue weighted by Crippen LogP contribution is 2.26. The highest BCUT2D eigenvalue weighted by molar-refractivity contribution is 5.82. The lowest BCUT2D eigenvalue weighted by molar-refractivity contribution is -0.118. The molecule has 1 atom stereocenters. The summed E-state index contributed by atoms with van der Waals surface area (Å²) in [4.78, 5) is 18.4. The van der Waals surface area contributed by atoms with E-state index >= 15 is 0 Å². The van der Waals surface area contributed by atoms with Gasteiger partial charge in [-0.25, -0.2) is 9.37 Å². The number of hydrogen-bond acceptors (Lipinski definition) is 4. The molecule has 2 aromatic carbocycles. The Hall–Kier alpha value is -3.24. The van der Waals surface area contributed by atoms with Gasteiger partial charge in [-0.1, -0.05) is 12.1 Å². The molecule has 0 saturated carbocycles. The number of H-pyrrole nitrogens is 1. The molecule has 24 heavy (non-hydrogen) atoms. The lowest BCUT2D eigenvalue weighted by Crippen LogP contribution is -2.21. The number of hydrogen-bond donors (Lipinski definition) is 3. The van der Waals surface area contributed by atoms with Gasteiger partial charge >= 0.3 is 0 Å². The maximum Gasteiger partial charge on any atom is 0.219 e. The molecule has 3 rings (SSSR count). The average molecular weight is 323 g/mol. The van der Waals surface area contributed by atoms with E-state index in [9.17, 15) is 9.18 Å². The second-order valence-electron chi connectivity index (χ2n) is 5.44. The molecule has 0 radical (unpaired) electrons. The second kappa shape index (κ2) is 6.10. The Balaban J connectivity index is 1.98. The van der Waals surface area contributed by atoms with Crippen LogP contribution >= 0.6 is 0 Å². The largest absolute Gasteiger partial charge is 0.370 e. The summed E-state index contributed by atoms with van der Waals surface area (Å²) in [6.07, 6.45) is -0.00644. The van der Waals surface area contributed by atoms with E-state index < -0.39 is 17.8 Å². The van der Waals surface area contributed by atoms with Gasteiger partial charge in [-0.05, 0) is 35.4 Å². The fraction of sp³-hybridized carbons (Fsp3) is 0.118.